The van der Waals surface area contributed by atoms with Crippen LogP contribution in [-0.2, 0) is 0 Å². The molecule has 0 aromatic rings. The molecule has 0 aliphatic heterocycles. The van der Waals surface area contributed by atoms with E-state index in [0.717, 1.165) is 0 Å². The molecule has 0 amide bonds. The second-order valence-electron chi connectivity index (χ2n) is 5.85. The first-order valence-corrected chi connectivity index (χ1v) is 8.23. The predicted octanol–water partition coefficient (Wildman–Crippen LogP) is 5.45. The van der Waals surface area contributed by atoms with Gasteiger partial charge in [0, 0.05) is 0 Å². The summed E-state index contributed by atoms with van der Waals surface area (Å²) in [6.07, 6.45) is 19.4. The zero-order valence-corrected chi connectivity index (χ0v) is 13.2. The average Bonchev–Trinajstić information content (AvgIpc) is 2.34. The van der Waals surface area contributed by atoms with Gasteiger partial charge in [-0.3, -0.25) is 0 Å². The number of unbranched alkanes of at least 4 members (excludes halogenated alkanes) is 12. The van der Waals surface area contributed by atoms with E-state index in [2.05, 4.69) is 32.3 Å². The molecule has 0 N–H and O–H groups in total. The van der Waals surface area contributed by atoms with E-state index in [-0.39, 0.29) is 0 Å². The smallest absolute Gasteiger partial charge is 0.00248 e. The molecule has 0 spiro atoms. The molecule has 18 heavy (non-hydrogen) atoms. The van der Waals surface area contributed by atoms with Gasteiger partial charge in [-0.1, -0.05) is 77.6 Å². The van der Waals surface area contributed by atoms with E-state index < -0.39 is 0 Å². The molecule has 1 nitrogen and oxygen atoms in total. The molecule has 0 saturated heterocycles. The summed E-state index contributed by atoms with van der Waals surface area (Å²) in [7, 11) is 4.32. The van der Waals surface area contributed by atoms with Gasteiger partial charge in [-0.25, -0.2) is 0 Å². The van der Waals surface area contributed by atoms with Gasteiger partial charge in [-0.15, -0.1) is 0 Å². The van der Waals surface area contributed by atoms with Crippen LogP contribution in [0.5, 0.6) is 0 Å². The SMILES string of the molecule is CCCCCCC[CH]CCCCCCCN(C)C. The van der Waals surface area contributed by atoms with E-state index in [4.69, 9.17) is 0 Å². The lowest BCUT2D eigenvalue weighted by Crippen LogP contribution is -2.12. The highest BCUT2D eigenvalue weighted by atomic mass is 15.0. The molecule has 0 aromatic heterocycles. The maximum Gasteiger partial charge on any atom is -0.00248 e. The zero-order chi connectivity index (χ0) is 13.5. The van der Waals surface area contributed by atoms with Crippen LogP contribution in [-0.4, -0.2) is 25.5 Å². The summed E-state index contributed by atoms with van der Waals surface area (Å²) < 4.78 is 0. The molecule has 0 unspecified atom stereocenters. The van der Waals surface area contributed by atoms with Gasteiger partial charge >= 0.3 is 0 Å². The van der Waals surface area contributed by atoms with E-state index in [9.17, 15) is 0 Å². The predicted molar refractivity (Wildman–Crippen MR) is 83.9 cm³/mol. The van der Waals surface area contributed by atoms with Crippen molar-refractivity contribution in [3.05, 3.63) is 6.42 Å². The van der Waals surface area contributed by atoms with Crippen molar-refractivity contribution in [1.29, 1.82) is 0 Å². The molecular weight excluding hydrogens is 218 g/mol. The fraction of sp³-hybridized carbons (Fsp3) is 0.941. The lowest BCUT2D eigenvalue weighted by Gasteiger charge is -2.08. The lowest BCUT2D eigenvalue weighted by atomic mass is 10.0. The molecular formula is C17H36N. The molecule has 0 aliphatic rings. The van der Waals surface area contributed by atoms with Crippen LogP contribution in [0.1, 0.15) is 84.0 Å². The minimum Gasteiger partial charge on any atom is -0.309 e. The summed E-state index contributed by atoms with van der Waals surface area (Å²) in [5.41, 5.74) is 0. The number of rotatable bonds is 14. The normalized spacial score (nSPS) is 11.3. The summed E-state index contributed by atoms with van der Waals surface area (Å²) in [6, 6.07) is 0. The van der Waals surface area contributed by atoms with Crippen molar-refractivity contribution in [3.8, 4) is 0 Å². The van der Waals surface area contributed by atoms with Crippen molar-refractivity contribution in [2.75, 3.05) is 20.6 Å². The third-order valence-electron chi connectivity index (χ3n) is 3.53. The van der Waals surface area contributed by atoms with Gasteiger partial charge in [0.2, 0.25) is 0 Å². The first-order chi connectivity index (χ1) is 8.77. The second-order valence-corrected chi connectivity index (χ2v) is 5.85. The highest BCUT2D eigenvalue weighted by molar-refractivity contribution is 4.64. The van der Waals surface area contributed by atoms with Crippen molar-refractivity contribution < 1.29 is 0 Å². The van der Waals surface area contributed by atoms with Crippen LogP contribution in [0.15, 0.2) is 0 Å². The van der Waals surface area contributed by atoms with Gasteiger partial charge in [-0.2, -0.15) is 0 Å². The van der Waals surface area contributed by atoms with Crippen LogP contribution in [0.2, 0.25) is 0 Å². The first-order valence-electron chi connectivity index (χ1n) is 8.23. The van der Waals surface area contributed by atoms with Gasteiger partial charge in [0.05, 0.1) is 0 Å². The number of nitrogens with zero attached hydrogens (tertiary/aromatic N) is 1. The maximum atomic E-state index is 2.52. The van der Waals surface area contributed by atoms with Gasteiger partial charge in [-0.05, 0) is 33.5 Å². The highest BCUT2D eigenvalue weighted by Gasteiger charge is 1.94. The molecule has 0 aliphatic carbocycles. The van der Waals surface area contributed by atoms with Crippen LogP contribution in [0.4, 0.5) is 0 Å². The van der Waals surface area contributed by atoms with Crippen LogP contribution in [0.3, 0.4) is 0 Å². The fourth-order valence-electron chi connectivity index (χ4n) is 2.28. The molecule has 1 heteroatoms. The van der Waals surface area contributed by atoms with Gasteiger partial charge in [0.25, 0.3) is 0 Å². The van der Waals surface area contributed by atoms with Crippen molar-refractivity contribution in [1.82, 2.24) is 4.90 Å². The number of hydrogen-bond acceptors (Lipinski definition) is 1. The zero-order valence-electron chi connectivity index (χ0n) is 13.2. The Morgan fingerprint density at radius 1 is 0.667 bits per heavy atom. The Balaban J connectivity index is 2.90. The fourth-order valence-corrected chi connectivity index (χ4v) is 2.28. The van der Waals surface area contributed by atoms with E-state index >= 15 is 0 Å². The highest BCUT2D eigenvalue weighted by Crippen LogP contribution is 2.11. The largest absolute Gasteiger partial charge is 0.309 e. The van der Waals surface area contributed by atoms with Crippen molar-refractivity contribution in [2.45, 2.75) is 84.0 Å². The Kier molecular flexibility index (Phi) is 15.0. The quantitative estimate of drug-likeness (QED) is 0.372. The molecule has 0 heterocycles. The molecule has 0 atom stereocenters. The van der Waals surface area contributed by atoms with Crippen molar-refractivity contribution >= 4 is 0 Å². The second kappa shape index (κ2) is 15.0. The first kappa shape index (κ1) is 18.0. The van der Waals surface area contributed by atoms with Gasteiger partial charge in [0.15, 0.2) is 0 Å². The topological polar surface area (TPSA) is 3.24 Å². The van der Waals surface area contributed by atoms with E-state index in [0.29, 0.717) is 0 Å². The molecule has 109 valence electrons. The van der Waals surface area contributed by atoms with Crippen LogP contribution in [0.25, 0.3) is 0 Å². The minimum atomic E-state index is 1.25. The molecule has 0 aromatic carbocycles. The Bertz CT molecular complexity index is 143. The van der Waals surface area contributed by atoms with E-state index in [1.54, 1.807) is 0 Å². The van der Waals surface area contributed by atoms with Crippen molar-refractivity contribution in [3.63, 3.8) is 0 Å². The number of hydrogen-bond donors (Lipinski definition) is 0. The summed E-state index contributed by atoms with van der Waals surface area (Å²) >= 11 is 0. The summed E-state index contributed by atoms with van der Waals surface area (Å²) in [4.78, 5) is 2.28. The summed E-state index contributed by atoms with van der Waals surface area (Å²) in [5.74, 6) is 0. The third-order valence-corrected chi connectivity index (χ3v) is 3.53. The van der Waals surface area contributed by atoms with E-state index in [1.165, 1.54) is 83.6 Å². The Morgan fingerprint density at radius 3 is 1.72 bits per heavy atom. The monoisotopic (exact) mass is 254 g/mol. The van der Waals surface area contributed by atoms with Crippen LogP contribution >= 0.6 is 0 Å². The van der Waals surface area contributed by atoms with Crippen LogP contribution < -0.4 is 0 Å². The Morgan fingerprint density at radius 2 is 1.17 bits per heavy atom. The van der Waals surface area contributed by atoms with E-state index in [1.807, 2.05) is 0 Å². The molecule has 0 fully saturated rings. The lowest BCUT2D eigenvalue weighted by molar-refractivity contribution is 0.389. The Hall–Kier alpha value is -0.0400. The third kappa shape index (κ3) is 16.0. The standard InChI is InChI=1S/C17H36N/c1-4-5-6-7-8-9-10-11-12-13-14-15-16-17-18(2)3/h10H,4-9,11-17H2,1-3H3. The van der Waals surface area contributed by atoms with Crippen molar-refractivity contribution in [2.24, 2.45) is 0 Å². The maximum absolute atomic E-state index is 2.52. The molecule has 0 saturated carbocycles. The van der Waals surface area contributed by atoms with Gasteiger partial charge < -0.3 is 4.90 Å². The summed E-state index contributed by atoms with van der Waals surface area (Å²) in [5, 5.41) is 0. The molecule has 0 bridgehead atoms. The molecule has 1 radical (unpaired) electrons. The van der Waals surface area contributed by atoms with Crippen LogP contribution in [0, 0.1) is 6.42 Å². The average molecular weight is 254 g/mol. The Labute approximate surface area is 116 Å². The van der Waals surface area contributed by atoms with Gasteiger partial charge in [0.1, 0.15) is 0 Å². The summed E-state index contributed by atoms with van der Waals surface area (Å²) in [6.45, 7) is 3.54. The minimum absolute atomic E-state index is 1.25. The molecule has 0 rings (SSSR count).